The smallest absolute Gasteiger partial charge is 0.335 e. The molecule has 2 heterocycles. The third-order valence-electron chi connectivity index (χ3n) is 4.49. The molecule has 8 nitrogen and oxygen atoms in total. The molecule has 3 rings (SSSR count). The highest BCUT2D eigenvalue weighted by molar-refractivity contribution is 5.95. The molecule has 0 saturated carbocycles. The second kappa shape index (κ2) is 8.55. The molecule has 0 atom stereocenters. The van der Waals surface area contributed by atoms with E-state index in [2.05, 4.69) is 15.6 Å². The van der Waals surface area contributed by atoms with Crippen LogP contribution in [0.2, 0.25) is 0 Å². The highest BCUT2D eigenvalue weighted by Crippen LogP contribution is 2.15. The molecule has 0 aliphatic carbocycles. The zero-order valence-corrected chi connectivity index (χ0v) is 16.2. The number of nitrogens with zero attached hydrogens (tertiary/aromatic N) is 2. The number of hydrogen-bond donors (Lipinski definition) is 3. The fourth-order valence-corrected chi connectivity index (χ4v) is 3.08. The molecule has 1 aromatic carbocycles. The summed E-state index contributed by atoms with van der Waals surface area (Å²) >= 11 is 0. The third-order valence-corrected chi connectivity index (χ3v) is 4.49. The highest BCUT2D eigenvalue weighted by atomic mass is 16.4. The van der Waals surface area contributed by atoms with Gasteiger partial charge in [-0.3, -0.25) is 14.0 Å². The van der Waals surface area contributed by atoms with Crippen LogP contribution >= 0.6 is 0 Å². The van der Waals surface area contributed by atoms with Crippen LogP contribution in [0.5, 0.6) is 0 Å². The van der Waals surface area contributed by atoms with Crippen molar-refractivity contribution in [3.63, 3.8) is 0 Å². The van der Waals surface area contributed by atoms with Crippen LogP contribution in [0.3, 0.4) is 0 Å². The molecule has 2 aromatic heterocycles. The monoisotopic (exact) mass is 394 g/mol. The summed E-state index contributed by atoms with van der Waals surface area (Å²) in [5.74, 6) is -1.54. The lowest BCUT2D eigenvalue weighted by molar-refractivity contribution is -0.116. The van der Waals surface area contributed by atoms with Gasteiger partial charge in [-0.15, -0.1) is 0 Å². The SMILES string of the molecule is Cc1nc2c(C)cccn2c1C(=O)NCCCC(=O)Nc1cccc(C(=O)O)c1. The Balaban J connectivity index is 1.52. The van der Waals surface area contributed by atoms with E-state index in [-0.39, 0.29) is 23.8 Å². The number of pyridine rings is 1. The first-order chi connectivity index (χ1) is 13.9. The van der Waals surface area contributed by atoms with Gasteiger partial charge in [0, 0.05) is 24.8 Å². The van der Waals surface area contributed by atoms with Gasteiger partial charge < -0.3 is 15.7 Å². The number of carboxylic acids is 1. The first-order valence-electron chi connectivity index (χ1n) is 9.22. The molecule has 0 aliphatic rings. The number of carboxylic acid groups (broad SMARTS) is 1. The summed E-state index contributed by atoms with van der Waals surface area (Å²) in [5, 5.41) is 14.5. The van der Waals surface area contributed by atoms with Crippen LogP contribution in [0.4, 0.5) is 5.69 Å². The quantitative estimate of drug-likeness (QED) is 0.534. The predicted molar refractivity (Wildman–Crippen MR) is 108 cm³/mol. The van der Waals surface area contributed by atoms with Crippen LogP contribution in [0.15, 0.2) is 42.6 Å². The Morgan fingerprint density at radius 2 is 1.93 bits per heavy atom. The van der Waals surface area contributed by atoms with Crippen molar-refractivity contribution in [1.82, 2.24) is 14.7 Å². The van der Waals surface area contributed by atoms with Crippen molar-refractivity contribution >= 4 is 29.1 Å². The van der Waals surface area contributed by atoms with Crippen LogP contribution in [0, 0.1) is 13.8 Å². The van der Waals surface area contributed by atoms with E-state index in [9.17, 15) is 14.4 Å². The number of aromatic carboxylic acids is 1. The maximum Gasteiger partial charge on any atom is 0.335 e. The number of imidazole rings is 1. The van der Waals surface area contributed by atoms with Crippen LogP contribution in [-0.4, -0.2) is 38.8 Å². The molecule has 0 radical (unpaired) electrons. The van der Waals surface area contributed by atoms with Crippen LogP contribution < -0.4 is 10.6 Å². The number of nitrogens with one attached hydrogen (secondary N) is 2. The third kappa shape index (κ3) is 4.60. The summed E-state index contributed by atoms with van der Waals surface area (Å²) in [7, 11) is 0. The molecule has 3 aromatic rings. The van der Waals surface area contributed by atoms with Crippen LogP contribution in [0.25, 0.3) is 5.65 Å². The number of rotatable bonds is 7. The number of fused-ring (bicyclic) bond motifs is 1. The second-order valence-electron chi connectivity index (χ2n) is 6.72. The van der Waals surface area contributed by atoms with E-state index >= 15 is 0 Å². The lowest BCUT2D eigenvalue weighted by Crippen LogP contribution is -2.27. The minimum absolute atomic E-state index is 0.105. The molecule has 0 fully saturated rings. The van der Waals surface area contributed by atoms with Gasteiger partial charge in [0.05, 0.1) is 11.3 Å². The molecule has 3 N–H and O–H groups in total. The Morgan fingerprint density at radius 1 is 1.14 bits per heavy atom. The average Bonchev–Trinajstić information content (AvgIpc) is 3.02. The summed E-state index contributed by atoms with van der Waals surface area (Å²) in [6.07, 6.45) is 2.45. The number of benzene rings is 1. The van der Waals surface area contributed by atoms with Crippen molar-refractivity contribution in [1.29, 1.82) is 0 Å². The summed E-state index contributed by atoms with van der Waals surface area (Å²) < 4.78 is 1.77. The molecule has 0 spiro atoms. The standard InChI is InChI=1S/C21H22N4O4/c1-13-6-5-11-25-18(14(2)23-19(13)25)20(27)22-10-4-9-17(26)24-16-8-3-7-15(12-16)21(28)29/h3,5-8,11-12H,4,9-10H2,1-2H3,(H,22,27)(H,24,26)(H,28,29). The highest BCUT2D eigenvalue weighted by Gasteiger charge is 2.17. The van der Waals surface area contributed by atoms with Crippen molar-refractivity contribution in [2.75, 3.05) is 11.9 Å². The largest absolute Gasteiger partial charge is 0.478 e. The van der Waals surface area contributed by atoms with Gasteiger partial charge in [-0.25, -0.2) is 9.78 Å². The van der Waals surface area contributed by atoms with Gasteiger partial charge in [-0.05, 0) is 50.1 Å². The molecular formula is C21H22N4O4. The molecule has 0 aliphatic heterocycles. The number of hydrogen-bond acceptors (Lipinski definition) is 4. The van der Waals surface area contributed by atoms with E-state index in [4.69, 9.17) is 5.11 Å². The Bertz CT molecular complexity index is 1090. The van der Waals surface area contributed by atoms with Gasteiger partial charge in [0.1, 0.15) is 11.3 Å². The number of anilines is 1. The van der Waals surface area contributed by atoms with Crippen molar-refractivity contribution in [3.05, 3.63) is 65.1 Å². The van der Waals surface area contributed by atoms with Gasteiger partial charge in [0.15, 0.2) is 0 Å². The maximum absolute atomic E-state index is 12.6. The maximum atomic E-state index is 12.6. The molecule has 8 heteroatoms. The van der Waals surface area contributed by atoms with Gasteiger partial charge in [-0.2, -0.15) is 0 Å². The van der Waals surface area contributed by atoms with Crippen molar-refractivity contribution in [2.24, 2.45) is 0 Å². The van der Waals surface area contributed by atoms with Crippen LogP contribution in [-0.2, 0) is 4.79 Å². The molecule has 2 amide bonds. The zero-order chi connectivity index (χ0) is 21.0. The number of amides is 2. The van der Waals surface area contributed by atoms with Gasteiger partial charge in [-0.1, -0.05) is 12.1 Å². The summed E-state index contributed by atoms with van der Waals surface area (Å²) in [5.41, 5.74) is 3.40. The minimum atomic E-state index is -1.05. The Labute approximate surface area is 167 Å². The first-order valence-corrected chi connectivity index (χ1v) is 9.22. The van der Waals surface area contributed by atoms with E-state index < -0.39 is 5.97 Å². The number of carbonyl (C=O) groups excluding carboxylic acids is 2. The molecule has 0 unspecified atom stereocenters. The summed E-state index contributed by atoms with van der Waals surface area (Å²) in [6, 6.07) is 9.85. The van der Waals surface area contributed by atoms with E-state index in [1.54, 1.807) is 29.7 Å². The fourth-order valence-electron chi connectivity index (χ4n) is 3.08. The van der Waals surface area contributed by atoms with Crippen LogP contribution in [0.1, 0.15) is 44.9 Å². The first kappa shape index (κ1) is 20.1. The van der Waals surface area contributed by atoms with E-state index in [0.29, 0.717) is 30.0 Å². The lowest BCUT2D eigenvalue weighted by Gasteiger charge is -2.08. The zero-order valence-electron chi connectivity index (χ0n) is 16.2. The van der Waals surface area contributed by atoms with Crippen molar-refractivity contribution in [3.8, 4) is 0 Å². The van der Waals surface area contributed by atoms with E-state index in [1.807, 2.05) is 19.1 Å². The van der Waals surface area contributed by atoms with E-state index in [1.165, 1.54) is 12.1 Å². The molecular weight excluding hydrogens is 372 g/mol. The average molecular weight is 394 g/mol. The summed E-state index contributed by atoms with van der Waals surface area (Å²) in [4.78, 5) is 40.0. The Morgan fingerprint density at radius 3 is 2.69 bits per heavy atom. The predicted octanol–water partition coefficient (Wildman–Crippen LogP) is 2.80. The fraction of sp³-hybridized carbons (Fsp3) is 0.238. The second-order valence-corrected chi connectivity index (χ2v) is 6.72. The Kier molecular flexibility index (Phi) is 5.92. The van der Waals surface area contributed by atoms with Crippen molar-refractivity contribution in [2.45, 2.75) is 26.7 Å². The molecule has 29 heavy (non-hydrogen) atoms. The van der Waals surface area contributed by atoms with Gasteiger partial charge in [0.25, 0.3) is 5.91 Å². The number of aryl methyl sites for hydroxylation is 2. The van der Waals surface area contributed by atoms with Gasteiger partial charge >= 0.3 is 5.97 Å². The molecule has 150 valence electrons. The normalized spacial score (nSPS) is 10.7. The lowest BCUT2D eigenvalue weighted by atomic mass is 10.2. The number of carbonyl (C=O) groups is 3. The minimum Gasteiger partial charge on any atom is -0.478 e. The molecule has 0 saturated heterocycles. The molecule has 0 bridgehead atoms. The Hall–Kier alpha value is -3.68. The van der Waals surface area contributed by atoms with Crippen molar-refractivity contribution < 1.29 is 19.5 Å². The van der Waals surface area contributed by atoms with Gasteiger partial charge in [0.2, 0.25) is 5.91 Å². The van der Waals surface area contributed by atoms with E-state index in [0.717, 1.165) is 11.2 Å². The number of aromatic nitrogens is 2. The topological polar surface area (TPSA) is 113 Å². The summed E-state index contributed by atoms with van der Waals surface area (Å²) in [6.45, 7) is 4.06.